The first-order valence-electron chi connectivity index (χ1n) is 6.65. The summed E-state index contributed by atoms with van der Waals surface area (Å²) < 4.78 is 0. The number of rotatable bonds is 4. The van der Waals surface area contributed by atoms with Crippen molar-refractivity contribution >= 4 is 35.3 Å². The zero-order valence-electron chi connectivity index (χ0n) is 11.4. The molecule has 0 aliphatic carbocycles. The summed E-state index contributed by atoms with van der Waals surface area (Å²) in [5.74, 6) is -0.0267. The maximum atomic E-state index is 12.2. The van der Waals surface area contributed by atoms with Crippen LogP contribution in [-0.2, 0) is 15.0 Å². The molecule has 1 atom stereocenters. The Balaban J connectivity index is 2.30. The molecule has 1 aliphatic heterocycles. The Kier molecular flexibility index (Phi) is 4.55. The highest BCUT2D eigenvalue weighted by Crippen LogP contribution is 2.36. The number of carbonyl (C=O) groups is 2. The topological polar surface area (TPSA) is 58.5 Å². The van der Waals surface area contributed by atoms with Gasteiger partial charge in [-0.05, 0) is 30.5 Å². The summed E-state index contributed by atoms with van der Waals surface area (Å²) in [6.45, 7) is 1.97. The Morgan fingerprint density at radius 2 is 2.05 bits per heavy atom. The molecule has 1 unspecified atom stereocenters. The first kappa shape index (κ1) is 14.7. The van der Waals surface area contributed by atoms with Gasteiger partial charge in [0.05, 0.1) is 17.0 Å². The largest absolute Gasteiger partial charge is 0.296 e. The summed E-state index contributed by atoms with van der Waals surface area (Å²) in [6, 6.07) is 7.53. The van der Waals surface area contributed by atoms with E-state index in [1.807, 2.05) is 31.2 Å². The molecular weight excluding hydrogens is 276 g/mol. The lowest BCUT2D eigenvalue weighted by Gasteiger charge is -2.34. The zero-order chi connectivity index (χ0) is 14.6. The minimum absolute atomic E-state index is 0.192. The van der Waals surface area contributed by atoms with Crippen LogP contribution < -0.4 is 5.32 Å². The molecule has 1 N–H and O–H groups in total. The number of benzene rings is 1. The lowest BCUT2D eigenvalue weighted by atomic mass is 9.72. The summed E-state index contributed by atoms with van der Waals surface area (Å²) in [6.07, 6.45) is 3.22. The third-order valence-electron chi connectivity index (χ3n) is 3.80. The van der Waals surface area contributed by atoms with Crippen LogP contribution in [0.4, 0.5) is 5.69 Å². The number of amides is 2. The van der Waals surface area contributed by atoms with Gasteiger partial charge in [-0.15, -0.1) is 11.6 Å². The summed E-state index contributed by atoms with van der Waals surface area (Å²) in [5.41, 5.74) is 1.12. The molecule has 0 bridgehead atoms. The van der Waals surface area contributed by atoms with Gasteiger partial charge in [0, 0.05) is 12.6 Å². The summed E-state index contributed by atoms with van der Waals surface area (Å²) in [7, 11) is 0. The molecule has 2 amide bonds. The molecule has 1 aliphatic rings. The molecule has 2 rings (SSSR count). The maximum absolute atomic E-state index is 12.2. The molecule has 1 heterocycles. The van der Waals surface area contributed by atoms with Gasteiger partial charge in [0.2, 0.25) is 11.8 Å². The lowest BCUT2D eigenvalue weighted by molar-refractivity contribution is -0.138. The van der Waals surface area contributed by atoms with E-state index in [9.17, 15) is 9.59 Å². The number of nitrogens with one attached hydrogen (secondary N) is 1. The van der Waals surface area contributed by atoms with Gasteiger partial charge in [-0.3, -0.25) is 19.9 Å². The highest BCUT2D eigenvalue weighted by Gasteiger charge is 2.42. The smallest absolute Gasteiger partial charge is 0.237 e. The van der Waals surface area contributed by atoms with E-state index < -0.39 is 5.41 Å². The molecular formula is C15H17ClN2O2. The number of hydrogen-bond acceptors (Lipinski definition) is 3. The molecule has 106 valence electrons. The Bertz CT molecular complexity index is 539. The molecule has 1 aromatic carbocycles. The fourth-order valence-corrected chi connectivity index (χ4v) is 2.64. The van der Waals surface area contributed by atoms with Crippen LogP contribution in [0.15, 0.2) is 29.3 Å². The van der Waals surface area contributed by atoms with Gasteiger partial charge in [-0.2, -0.15) is 0 Å². The molecule has 20 heavy (non-hydrogen) atoms. The van der Waals surface area contributed by atoms with E-state index in [-0.39, 0.29) is 11.8 Å². The zero-order valence-corrected chi connectivity index (χ0v) is 12.1. The van der Waals surface area contributed by atoms with Gasteiger partial charge in [-0.1, -0.05) is 19.1 Å². The third-order valence-corrected chi connectivity index (χ3v) is 3.94. The highest BCUT2D eigenvalue weighted by atomic mass is 35.5. The van der Waals surface area contributed by atoms with Crippen LogP contribution >= 0.6 is 11.6 Å². The van der Waals surface area contributed by atoms with Crippen molar-refractivity contribution in [1.29, 1.82) is 0 Å². The number of aliphatic imine (C=N–C) groups is 1. The Hall–Kier alpha value is -1.68. The van der Waals surface area contributed by atoms with Crippen molar-refractivity contribution in [2.24, 2.45) is 4.99 Å². The molecule has 0 aromatic heterocycles. The average molecular weight is 293 g/mol. The quantitative estimate of drug-likeness (QED) is 0.527. The number of carbonyl (C=O) groups excluding carboxylic acids is 2. The van der Waals surface area contributed by atoms with Gasteiger partial charge in [0.25, 0.3) is 0 Å². The molecule has 5 heteroatoms. The number of halogens is 1. The van der Waals surface area contributed by atoms with Crippen molar-refractivity contribution in [3.8, 4) is 0 Å². The number of hydrogen-bond donors (Lipinski definition) is 1. The van der Waals surface area contributed by atoms with Crippen LogP contribution in [0.5, 0.6) is 0 Å². The number of alkyl halides is 1. The molecule has 0 saturated carbocycles. The standard InChI is InChI=1S/C15H17ClN2O2/c1-2-15(8-7-13(19)18-14(15)20)11-3-5-12(6-4-11)17-10-9-16/h3-6,10H,2,7-9H2,1H3,(H,18,19,20). The first-order valence-corrected chi connectivity index (χ1v) is 7.19. The van der Waals surface area contributed by atoms with E-state index in [1.165, 1.54) is 0 Å². The van der Waals surface area contributed by atoms with E-state index in [1.54, 1.807) is 6.21 Å². The van der Waals surface area contributed by atoms with E-state index in [0.717, 1.165) is 11.3 Å². The minimum Gasteiger partial charge on any atom is -0.296 e. The lowest BCUT2D eigenvalue weighted by Crippen LogP contribution is -2.51. The van der Waals surface area contributed by atoms with E-state index in [0.29, 0.717) is 25.1 Å². The van der Waals surface area contributed by atoms with Crippen molar-refractivity contribution in [3.63, 3.8) is 0 Å². The summed E-state index contributed by atoms with van der Waals surface area (Å²) in [4.78, 5) is 27.7. The fraction of sp³-hybridized carbons (Fsp3) is 0.400. The van der Waals surface area contributed by atoms with Crippen LogP contribution in [0.3, 0.4) is 0 Å². The van der Waals surface area contributed by atoms with Gasteiger partial charge in [0.15, 0.2) is 0 Å². The predicted molar refractivity (Wildman–Crippen MR) is 79.7 cm³/mol. The second kappa shape index (κ2) is 6.18. The number of nitrogens with zero attached hydrogens (tertiary/aromatic N) is 1. The van der Waals surface area contributed by atoms with Crippen molar-refractivity contribution < 1.29 is 9.59 Å². The van der Waals surface area contributed by atoms with Crippen LogP contribution in [-0.4, -0.2) is 23.9 Å². The van der Waals surface area contributed by atoms with E-state index in [2.05, 4.69) is 10.3 Å². The van der Waals surface area contributed by atoms with Crippen molar-refractivity contribution in [1.82, 2.24) is 5.32 Å². The van der Waals surface area contributed by atoms with Gasteiger partial charge >= 0.3 is 0 Å². The highest BCUT2D eigenvalue weighted by molar-refractivity contribution is 6.24. The Morgan fingerprint density at radius 3 is 2.60 bits per heavy atom. The van der Waals surface area contributed by atoms with Crippen LogP contribution in [0.2, 0.25) is 0 Å². The SMILES string of the molecule is CCC1(c2ccc(N=CCCl)cc2)CCC(=O)NC1=O. The summed E-state index contributed by atoms with van der Waals surface area (Å²) in [5, 5.41) is 2.44. The monoisotopic (exact) mass is 292 g/mol. The van der Waals surface area contributed by atoms with Crippen molar-refractivity contribution in [3.05, 3.63) is 29.8 Å². The average Bonchev–Trinajstić information content (AvgIpc) is 2.47. The molecule has 1 aromatic rings. The van der Waals surface area contributed by atoms with Gasteiger partial charge in [0.1, 0.15) is 0 Å². The molecule has 4 nitrogen and oxygen atoms in total. The van der Waals surface area contributed by atoms with Crippen LogP contribution in [0.25, 0.3) is 0 Å². The number of piperidine rings is 1. The fourth-order valence-electron chi connectivity index (χ4n) is 2.57. The van der Waals surface area contributed by atoms with Crippen LogP contribution in [0.1, 0.15) is 31.7 Å². The van der Waals surface area contributed by atoms with E-state index in [4.69, 9.17) is 11.6 Å². The van der Waals surface area contributed by atoms with Crippen molar-refractivity contribution in [2.45, 2.75) is 31.6 Å². The molecule has 0 radical (unpaired) electrons. The Morgan fingerprint density at radius 1 is 1.35 bits per heavy atom. The van der Waals surface area contributed by atoms with Gasteiger partial charge < -0.3 is 0 Å². The van der Waals surface area contributed by atoms with Crippen LogP contribution in [0, 0.1) is 0 Å². The molecule has 1 saturated heterocycles. The molecule has 0 spiro atoms. The van der Waals surface area contributed by atoms with Gasteiger partial charge in [-0.25, -0.2) is 0 Å². The second-order valence-corrected chi connectivity index (χ2v) is 5.13. The van der Waals surface area contributed by atoms with E-state index >= 15 is 0 Å². The second-order valence-electron chi connectivity index (χ2n) is 4.83. The maximum Gasteiger partial charge on any atom is 0.237 e. The number of imide groups is 1. The minimum atomic E-state index is -0.608. The third kappa shape index (κ3) is 2.75. The Labute approximate surface area is 123 Å². The normalized spacial score (nSPS) is 23.1. The van der Waals surface area contributed by atoms with Crippen molar-refractivity contribution in [2.75, 3.05) is 5.88 Å². The predicted octanol–water partition coefficient (Wildman–Crippen LogP) is 2.71. The molecule has 1 fully saturated rings. The summed E-state index contributed by atoms with van der Waals surface area (Å²) >= 11 is 5.55. The first-order chi connectivity index (χ1) is 9.62.